The van der Waals surface area contributed by atoms with Crippen molar-refractivity contribution in [3.05, 3.63) is 72.3 Å². The SMILES string of the molecule is CCCCCCCCCC=CC=CC=CC=CC=CC(=O)C(O)[C@H](O)[C@H]1OC(=O)C(O)=C1O. The maximum Gasteiger partial charge on any atom is 0.377 e. The molecule has 182 valence electrons. The van der Waals surface area contributed by atoms with Gasteiger partial charge < -0.3 is 25.2 Å². The summed E-state index contributed by atoms with van der Waals surface area (Å²) in [7, 11) is 0. The third-order valence-corrected chi connectivity index (χ3v) is 5.01. The van der Waals surface area contributed by atoms with E-state index >= 15 is 0 Å². The molecule has 0 amide bonds. The van der Waals surface area contributed by atoms with Crippen molar-refractivity contribution in [2.24, 2.45) is 0 Å². The molecule has 1 aliphatic rings. The molecule has 0 bridgehead atoms. The molecule has 0 spiro atoms. The van der Waals surface area contributed by atoms with Gasteiger partial charge in [0, 0.05) is 0 Å². The van der Waals surface area contributed by atoms with Gasteiger partial charge in [-0.1, -0.05) is 100 Å². The normalized spacial score (nSPS) is 19.1. The van der Waals surface area contributed by atoms with Crippen LogP contribution in [-0.2, 0) is 14.3 Å². The van der Waals surface area contributed by atoms with E-state index in [2.05, 4.69) is 17.7 Å². The molecule has 33 heavy (non-hydrogen) atoms. The van der Waals surface area contributed by atoms with Crippen molar-refractivity contribution in [3.8, 4) is 0 Å². The summed E-state index contributed by atoms with van der Waals surface area (Å²) in [6.07, 6.45) is 21.9. The van der Waals surface area contributed by atoms with Crippen molar-refractivity contribution in [3.63, 3.8) is 0 Å². The van der Waals surface area contributed by atoms with Gasteiger partial charge in [-0.2, -0.15) is 0 Å². The van der Waals surface area contributed by atoms with Crippen LogP contribution >= 0.6 is 0 Å². The predicted octanol–water partition coefficient (Wildman–Crippen LogP) is 4.45. The Kier molecular flexibility index (Phi) is 14.2. The largest absolute Gasteiger partial charge is 0.505 e. The molecule has 0 fully saturated rings. The van der Waals surface area contributed by atoms with Crippen molar-refractivity contribution in [1.29, 1.82) is 0 Å². The van der Waals surface area contributed by atoms with E-state index in [1.807, 2.05) is 24.3 Å². The minimum Gasteiger partial charge on any atom is -0.505 e. The maximum atomic E-state index is 11.9. The number of carbonyl (C=O) groups is 2. The fourth-order valence-electron chi connectivity index (χ4n) is 3.06. The lowest BCUT2D eigenvalue weighted by atomic mass is 10.0. The third kappa shape index (κ3) is 11.0. The molecule has 0 aliphatic carbocycles. The standard InChI is InChI=1S/C26H36O7/c1-2-3-4-5-6-7-8-9-10-11-12-13-14-15-16-17-18-19-20(27)21(28)22(29)25-23(30)24(31)26(32)33-25/h10-19,21-22,25,28-31H,2-9H2,1H3/t21?,22-,25+/m0/s1. The van der Waals surface area contributed by atoms with Crippen molar-refractivity contribution in [2.75, 3.05) is 0 Å². The van der Waals surface area contributed by atoms with Gasteiger partial charge in [0.05, 0.1) is 0 Å². The predicted molar refractivity (Wildman–Crippen MR) is 127 cm³/mol. The molecular formula is C26H36O7. The van der Waals surface area contributed by atoms with Crippen LogP contribution in [0.2, 0.25) is 0 Å². The zero-order valence-corrected chi connectivity index (χ0v) is 19.2. The van der Waals surface area contributed by atoms with Gasteiger partial charge >= 0.3 is 5.97 Å². The Morgan fingerprint density at radius 1 is 0.879 bits per heavy atom. The summed E-state index contributed by atoms with van der Waals surface area (Å²) in [5.41, 5.74) is 0. The second kappa shape index (κ2) is 16.7. The van der Waals surface area contributed by atoms with E-state index in [9.17, 15) is 30.0 Å². The van der Waals surface area contributed by atoms with Crippen molar-refractivity contribution in [2.45, 2.75) is 76.6 Å². The fourth-order valence-corrected chi connectivity index (χ4v) is 3.06. The van der Waals surface area contributed by atoms with Crippen LogP contribution in [0, 0.1) is 0 Å². The molecule has 0 radical (unpaired) electrons. The van der Waals surface area contributed by atoms with E-state index in [0.717, 1.165) is 12.5 Å². The molecule has 1 aliphatic heterocycles. The number of esters is 1. The van der Waals surface area contributed by atoms with Crippen molar-refractivity contribution >= 4 is 11.8 Å². The number of aliphatic hydroxyl groups excluding tert-OH is 4. The van der Waals surface area contributed by atoms with E-state index in [4.69, 9.17) is 0 Å². The lowest BCUT2D eigenvalue weighted by Gasteiger charge is -2.20. The van der Waals surface area contributed by atoms with Crippen LogP contribution in [0.5, 0.6) is 0 Å². The first-order valence-electron chi connectivity index (χ1n) is 11.5. The van der Waals surface area contributed by atoms with E-state index < -0.39 is 41.6 Å². The Hall–Kier alpha value is -2.90. The zero-order chi connectivity index (χ0) is 24.5. The Morgan fingerprint density at radius 3 is 2.00 bits per heavy atom. The van der Waals surface area contributed by atoms with Gasteiger partial charge in [-0.05, 0) is 18.9 Å². The van der Waals surface area contributed by atoms with Crippen LogP contribution < -0.4 is 0 Å². The molecular weight excluding hydrogens is 424 g/mol. The highest BCUT2D eigenvalue weighted by Crippen LogP contribution is 2.23. The molecule has 0 aromatic carbocycles. The summed E-state index contributed by atoms with van der Waals surface area (Å²) in [5, 5.41) is 38.5. The lowest BCUT2D eigenvalue weighted by Crippen LogP contribution is -2.42. The van der Waals surface area contributed by atoms with Gasteiger partial charge in [0.15, 0.2) is 17.6 Å². The summed E-state index contributed by atoms with van der Waals surface area (Å²) in [6, 6.07) is 0. The van der Waals surface area contributed by atoms with Crippen molar-refractivity contribution < 1.29 is 34.8 Å². The van der Waals surface area contributed by atoms with Gasteiger partial charge in [-0.3, -0.25) is 4.79 Å². The van der Waals surface area contributed by atoms with Crippen LogP contribution in [0.4, 0.5) is 0 Å². The Bertz CT molecular complexity index is 786. The third-order valence-electron chi connectivity index (χ3n) is 5.01. The molecule has 3 atom stereocenters. The molecule has 0 saturated heterocycles. The molecule has 0 aromatic heterocycles. The van der Waals surface area contributed by atoms with E-state index in [1.165, 1.54) is 51.0 Å². The minimum absolute atomic E-state index is 0.850. The molecule has 7 heteroatoms. The van der Waals surface area contributed by atoms with Gasteiger partial charge in [0.25, 0.3) is 0 Å². The number of allylic oxidation sites excluding steroid dienone is 9. The number of ether oxygens (including phenoxy) is 1. The topological polar surface area (TPSA) is 124 Å². The van der Waals surface area contributed by atoms with E-state index in [-0.39, 0.29) is 0 Å². The summed E-state index contributed by atoms with van der Waals surface area (Å²) >= 11 is 0. The summed E-state index contributed by atoms with van der Waals surface area (Å²) < 4.78 is 4.52. The molecule has 1 unspecified atom stereocenters. The fraction of sp³-hybridized carbons (Fsp3) is 0.462. The van der Waals surface area contributed by atoms with Crippen LogP contribution in [0.15, 0.2) is 72.3 Å². The Morgan fingerprint density at radius 2 is 1.42 bits per heavy atom. The van der Waals surface area contributed by atoms with Crippen LogP contribution in [0.1, 0.15) is 58.3 Å². The van der Waals surface area contributed by atoms with Crippen molar-refractivity contribution in [1.82, 2.24) is 0 Å². The van der Waals surface area contributed by atoms with Gasteiger partial charge in [-0.25, -0.2) is 4.79 Å². The highest BCUT2D eigenvalue weighted by molar-refractivity contribution is 5.94. The minimum atomic E-state index is -1.94. The highest BCUT2D eigenvalue weighted by Gasteiger charge is 2.43. The summed E-state index contributed by atoms with van der Waals surface area (Å²) in [6.45, 7) is 2.23. The smallest absolute Gasteiger partial charge is 0.377 e. The number of cyclic esters (lactones) is 1. The monoisotopic (exact) mass is 460 g/mol. The summed E-state index contributed by atoms with van der Waals surface area (Å²) in [4.78, 5) is 23.0. The Labute approximate surface area is 195 Å². The first-order chi connectivity index (χ1) is 15.9. The number of hydrogen-bond acceptors (Lipinski definition) is 7. The van der Waals surface area contributed by atoms with Crippen LogP contribution in [0.25, 0.3) is 0 Å². The molecule has 7 nitrogen and oxygen atoms in total. The number of aliphatic hydroxyl groups is 4. The van der Waals surface area contributed by atoms with Gasteiger partial charge in [0.1, 0.15) is 12.2 Å². The lowest BCUT2D eigenvalue weighted by molar-refractivity contribution is -0.153. The second-order valence-electron chi connectivity index (χ2n) is 7.75. The molecule has 1 heterocycles. The zero-order valence-electron chi connectivity index (χ0n) is 19.2. The van der Waals surface area contributed by atoms with Crippen LogP contribution in [0.3, 0.4) is 0 Å². The molecule has 4 N–H and O–H groups in total. The molecule has 1 rings (SSSR count). The average Bonchev–Trinajstić information content (AvgIpc) is 3.07. The van der Waals surface area contributed by atoms with E-state index in [1.54, 1.807) is 18.2 Å². The van der Waals surface area contributed by atoms with E-state index in [0.29, 0.717) is 0 Å². The number of rotatable bonds is 16. The highest BCUT2D eigenvalue weighted by atomic mass is 16.6. The number of ketones is 1. The van der Waals surface area contributed by atoms with Gasteiger partial charge in [0.2, 0.25) is 5.76 Å². The maximum absolute atomic E-state index is 11.9. The summed E-state index contributed by atoms with van der Waals surface area (Å²) in [5.74, 6) is -4.06. The number of carbonyl (C=O) groups excluding carboxylic acids is 2. The molecule has 0 aromatic rings. The first-order valence-corrected chi connectivity index (χ1v) is 11.5. The van der Waals surface area contributed by atoms with Gasteiger partial charge in [-0.15, -0.1) is 0 Å². The Balaban J connectivity index is 2.24. The average molecular weight is 461 g/mol. The first kappa shape index (κ1) is 28.1. The quantitative estimate of drug-likeness (QED) is 0.116. The second-order valence-corrected chi connectivity index (χ2v) is 7.75. The number of unbranched alkanes of at least 4 members (excludes halogenated alkanes) is 7. The van der Waals surface area contributed by atoms with Crippen LogP contribution in [-0.4, -0.2) is 50.5 Å². The molecule has 0 saturated carbocycles. The number of hydrogen-bond donors (Lipinski definition) is 4.